The number of piperidine rings is 1. The van der Waals surface area contributed by atoms with E-state index in [-0.39, 0.29) is 36.8 Å². The minimum absolute atomic E-state index is 0.174. The molecule has 2 aliphatic heterocycles. The number of amides is 4. The van der Waals surface area contributed by atoms with Crippen molar-refractivity contribution in [3.05, 3.63) is 23.9 Å². The Morgan fingerprint density at radius 3 is 2.54 bits per heavy atom. The Bertz CT molecular complexity index is 1160. The lowest BCUT2D eigenvalue weighted by molar-refractivity contribution is -0.134. The Kier molecular flexibility index (Phi) is 6.79. The molecule has 2 saturated heterocycles. The number of piperazine rings is 1. The molecule has 1 aromatic heterocycles. The third kappa shape index (κ3) is 5.61. The third-order valence-electron chi connectivity index (χ3n) is 6.13. The lowest BCUT2D eigenvalue weighted by atomic mass is 9.92. The molecule has 11 nitrogen and oxygen atoms in total. The number of imide groups is 1. The normalized spacial score (nSPS) is 19.5. The van der Waals surface area contributed by atoms with Gasteiger partial charge in [-0.2, -0.15) is 5.10 Å². The minimum atomic E-state index is -0.543. The molecule has 0 spiro atoms. The van der Waals surface area contributed by atoms with E-state index in [0.717, 1.165) is 10.9 Å². The van der Waals surface area contributed by atoms with Crippen LogP contribution >= 0.6 is 0 Å². The average molecular weight is 485 g/mol. The van der Waals surface area contributed by atoms with E-state index in [1.54, 1.807) is 22.7 Å². The summed E-state index contributed by atoms with van der Waals surface area (Å²) in [6.07, 6.45) is 0.339. The van der Waals surface area contributed by atoms with Crippen LogP contribution in [0.5, 0.6) is 0 Å². The van der Waals surface area contributed by atoms with Crippen molar-refractivity contribution in [2.45, 2.75) is 45.1 Å². The first-order valence-electron chi connectivity index (χ1n) is 11.8. The quantitative estimate of drug-likeness (QED) is 0.631. The van der Waals surface area contributed by atoms with E-state index in [9.17, 15) is 19.2 Å². The fraction of sp³-hybridized carbons (Fsp3) is 0.542. The van der Waals surface area contributed by atoms with E-state index in [4.69, 9.17) is 4.74 Å². The molecule has 0 aliphatic carbocycles. The molecule has 2 aliphatic rings. The largest absolute Gasteiger partial charge is 0.444 e. The smallest absolute Gasteiger partial charge is 0.410 e. The monoisotopic (exact) mass is 484 g/mol. The first kappa shape index (κ1) is 24.6. The molecule has 0 saturated carbocycles. The van der Waals surface area contributed by atoms with Gasteiger partial charge in [-0.15, -0.1) is 0 Å². The van der Waals surface area contributed by atoms with Gasteiger partial charge in [0.1, 0.15) is 5.60 Å². The maximum Gasteiger partial charge on any atom is 0.410 e. The van der Waals surface area contributed by atoms with Crippen LogP contribution in [0.15, 0.2) is 18.2 Å². The van der Waals surface area contributed by atoms with Gasteiger partial charge >= 0.3 is 6.09 Å². The maximum atomic E-state index is 12.8. The molecule has 2 fully saturated rings. The first-order chi connectivity index (χ1) is 16.5. The highest BCUT2D eigenvalue weighted by atomic mass is 16.6. The summed E-state index contributed by atoms with van der Waals surface area (Å²) in [5, 5.41) is 10.7. The maximum absolute atomic E-state index is 12.8. The van der Waals surface area contributed by atoms with Crippen molar-refractivity contribution in [2.24, 2.45) is 7.05 Å². The molecule has 0 radical (unpaired) electrons. The van der Waals surface area contributed by atoms with Gasteiger partial charge in [0.15, 0.2) is 0 Å². The van der Waals surface area contributed by atoms with Gasteiger partial charge in [0.25, 0.3) is 0 Å². The number of hydrogen-bond donors (Lipinski definition) is 2. The van der Waals surface area contributed by atoms with Crippen molar-refractivity contribution in [3.8, 4) is 0 Å². The number of aromatic nitrogens is 2. The van der Waals surface area contributed by atoms with Crippen LogP contribution in [0.3, 0.4) is 0 Å². The molecule has 4 rings (SSSR count). The molecular weight excluding hydrogens is 452 g/mol. The van der Waals surface area contributed by atoms with Gasteiger partial charge in [-0.3, -0.25) is 29.3 Å². The van der Waals surface area contributed by atoms with E-state index in [1.165, 1.54) is 0 Å². The number of carbonyl (C=O) groups excluding carboxylic acids is 4. The summed E-state index contributed by atoms with van der Waals surface area (Å²) in [5.74, 6) is -1.30. The average Bonchev–Trinajstić information content (AvgIpc) is 3.10. The molecule has 2 aromatic rings. The van der Waals surface area contributed by atoms with Crippen LogP contribution in [-0.2, 0) is 26.2 Å². The highest BCUT2D eigenvalue weighted by Crippen LogP contribution is 2.33. The van der Waals surface area contributed by atoms with Crippen LogP contribution in [0, 0.1) is 0 Å². The van der Waals surface area contributed by atoms with Gasteiger partial charge in [-0.1, -0.05) is 12.1 Å². The minimum Gasteiger partial charge on any atom is -0.444 e. The van der Waals surface area contributed by atoms with Crippen LogP contribution in [0.1, 0.15) is 45.2 Å². The Hall–Kier alpha value is -3.47. The highest BCUT2D eigenvalue weighted by molar-refractivity contribution is 6.05. The fourth-order valence-electron chi connectivity index (χ4n) is 4.48. The Balaban J connectivity index is 1.40. The predicted octanol–water partition coefficient (Wildman–Crippen LogP) is 1.58. The Morgan fingerprint density at radius 1 is 1.17 bits per heavy atom. The number of ether oxygens (including phenoxy) is 1. The molecule has 0 bridgehead atoms. The number of fused-ring (bicyclic) bond motifs is 1. The van der Waals surface area contributed by atoms with Gasteiger partial charge in [0.2, 0.25) is 17.7 Å². The summed E-state index contributed by atoms with van der Waals surface area (Å²) < 4.78 is 7.08. The zero-order valence-electron chi connectivity index (χ0n) is 20.6. The molecule has 1 unspecified atom stereocenters. The second kappa shape index (κ2) is 9.65. The van der Waals surface area contributed by atoms with Crippen LogP contribution in [0.4, 0.5) is 10.5 Å². The van der Waals surface area contributed by atoms with Crippen molar-refractivity contribution >= 4 is 40.4 Å². The number of rotatable bonds is 4. The molecule has 3 heterocycles. The standard InChI is InChI=1S/C24H32N6O5/c1-24(2,3)35-23(34)30-12-10-29(11-13-30)14-19(32)25-17-7-5-6-15-20(27-28(4)21(15)17)16-8-9-18(31)26-22(16)33/h5-7,16H,8-14H2,1-4H3,(H,25,32)(H,26,31,33). The second-order valence-corrected chi connectivity index (χ2v) is 10.0. The first-order valence-corrected chi connectivity index (χ1v) is 11.8. The van der Waals surface area contributed by atoms with E-state index in [1.807, 2.05) is 37.8 Å². The van der Waals surface area contributed by atoms with Gasteiger partial charge in [-0.25, -0.2) is 4.79 Å². The van der Waals surface area contributed by atoms with Gasteiger partial charge < -0.3 is 15.0 Å². The van der Waals surface area contributed by atoms with E-state index < -0.39 is 11.5 Å². The number of anilines is 1. The summed E-state index contributed by atoms with van der Waals surface area (Å²) in [4.78, 5) is 52.7. The Morgan fingerprint density at radius 2 is 1.89 bits per heavy atom. The fourth-order valence-corrected chi connectivity index (χ4v) is 4.48. The lowest BCUT2D eigenvalue weighted by Gasteiger charge is -2.35. The molecule has 35 heavy (non-hydrogen) atoms. The van der Waals surface area contributed by atoms with Gasteiger partial charge in [0.05, 0.1) is 29.4 Å². The summed E-state index contributed by atoms with van der Waals surface area (Å²) in [7, 11) is 1.77. The predicted molar refractivity (Wildman–Crippen MR) is 129 cm³/mol. The van der Waals surface area contributed by atoms with Crippen LogP contribution in [0.2, 0.25) is 0 Å². The molecule has 1 aromatic carbocycles. The molecule has 1 atom stereocenters. The number of para-hydroxylation sites is 1. The lowest BCUT2D eigenvalue weighted by Crippen LogP contribution is -2.51. The van der Waals surface area contributed by atoms with Crippen molar-refractivity contribution < 1.29 is 23.9 Å². The number of aryl methyl sites for hydroxylation is 1. The summed E-state index contributed by atoms with van der Waals surface area (Å²) in [6.45, 7) is 7.83. The summed E-state index contributed by atoms with van der Waals surface area (Å²) >= 11 is 0. The zero-order chi connectivity index (χ0) is 25.3. The summed E-state index contributed by atoms with van der Waals surface area (Å²) in [6, 6.07) is 5.48. The molecule has 4 amide bonds. The van der Waals surface area contributed by atoms with Crippen LogP contribution in [-0.4, -0.2) is 81.7 Å². The van der Waals surface area contributed by atoms with Crippen molar-refractivity contribution in [1.29, 1.82) is 0 Å². The second-order valence-electron chi connectivity index (χ2n) is 10.0. The molecule has 11 heteroatoms. The zero-order valence-corrected chi connectivity index (χ0v) is 20.6. The Labute approximate surface area is 203 Å². The van der Waals surface area contributed by atoms with E-state index in [2.05, 4.69) is 15.7 Å². The topological polar surface area (TPSA) is 126 Å². The third-order valence-corrected chi connectivity index (χ3v) is 6.13. The van der Waals surface area contributed by atoms with Crippen LogP contribution < -0.4 is 10.6 Å². The van der Waals surface area contributed by atoms with Crippen molar-refractivity contribution in [3.63, 3.8) is 0 Å². The highest BCUT2D eigenvalue weighted by Gasteiger charge is 2.32. The molecular formula is C24H32N6O5. The van der Waals surface area contributed by atoms with Crippen molar-refractivity contribution in [1.82, 2.24) is 24.9 Å². The number of hydrogen-bond acceptors (Lipinski definition) is 7. The van der Waals surface area contributed by atoms with Gasteiger partial charge in [-0.05, 0) is 33.3 Å². The number of benzene rings is 1. The van der Waals surface area contributed by atoms with E-state index >= 15 is 0 Å². The van der Waals surface area contributed by atoms with E-state index in [0.29, 0.717) is 44.0 Å². The van der Waals surface area contributed by atoms with Crippen molar-refractivity contribution in [2.75, 3.05) is 38.0 Å². The molecule has 2 N–H and O–H groups in total. The van der Waals surface area contributed by atoms with Gasteiger partial charge in [0, 0.05) is 45.0 Å². The van der Waals surface area contributed by atoms with Crippen LogP contribution in [0.25, 0.3) is 10.9 Å². The number of nitrogens with zero attached hydrogens (tertiary/aromatic N) is 4. The number of carbonyl (C=O) groups is 4. The SMILES string of the molecule is Cn1nc(C2CCC(=O)NC2=O)c2cccc(NC(=O)CN3CCN(C(=O)OC(C)(C)C)CC3)c21. The summed E-state index contributed by atoms with van der Waals surface area (Å²) in [5.41, 5.74) is 1.38. The molecule has 188 valence electrons. The number of nitrogens with one attached hydrogen (secondary N) is 2.